The lowest BCUT2D eigenvalue weighted by atomic mass is 10.2. The molecule has 1 N–H and O–H groups in total. The summed E-state index contributed by atoms with van der Waals surface area (Å²) >= 11 is 8.74. The van der Waals surface area contributed by atoms with Gasteiger partial charge in [0.25, 0.3) is 0 Å². The second-order valence-electron chi connectivity index (χ2n) is 4.31. The number of hydrogen-bond donors (Lipinski definition) is 1. The second-order valence-corrected chi connectivity index (χ2v) is 7.11. The predicted octanol–water partition coefficient (Wildman–Crippen LogP) is 4.49. The highest BCUT2D eigenvalue weighted by Gasteiger charge is 2.08. The Bertz CT molecular complexity index is 596. The number of aromatic nitrogens is 1. The van der Waals surface area contributed by atoms with E-state index in [1.807, 2.05) is 18.3 Å². The van der Waals surface area contributed by atoms with Gasteiger partial charge < -0.3 is 10.1 Å². The molecule has 1 aromatic heterocycles. The van der Waals surface area contributed by atoms with E-state index >= 15 is 0 Å². The van der Waals surface area contributed by atoms with E-state index in [1.165, 1.54) is 10.5 Å². The number of benzene rings is 1. The lowest BCUT2D eigenvalue weighted by Gasteiger charge is -2.11. The van der Waals surface area contributed by atoms with Crippen molar-refractivity contribution in [2.45, 2.75) is 16.5 Å². The quantitative estimate of drug-likeness (QED) is 0.654. The van der Waals surface area contributed by atoms with Crippen LogP contribution in [0.2, 0.25) is 0 Å². The van der Waals surface area contributed by atoms with Crippen molar-refractivity contribution in [1.82, 2.24) is 10.3 Å². The van der Waals surface area contributed by atoms with E-state index in [1.54, 1.807) is 18.9 Å². The van der Waals surface area contributed by atoms with Crippen molar-refractivity contribution in [2.24, 2.45) is 0 Å². The van der Waals surface area contributed by atoms with E-state index in [0.717, 1.165) is 27.1 Å². The number of hydrogen-bond acceptors (Lipinski definition) is 4. The van der Waals surface area contributed by atoms with Crippen LogP contribution in [-0.2, 0) is 11.3 Å². The summed E-state index contributed by atoms with van der Waals surface area (Å²) < 4.78 is 7.14. The molecule has 0 atom stereocenters. The largest absolute Gasteiger partial charge is 0.383 e. The minimum absolute atomic E-state index is 0.711. The zero-order chi connectivity index (χ0) is 15.1. The van der Waals surface area contributed by atoms with Crippen LogP contribution in [0.3, 0.4) is 0 Å². The van der Waals surface area contributed by atoms with Gasteiger partial charge in [0.1, 0.15) is 5.03 Å². The maximum atomic E-state index is 5.05. The standard InChI is InChI=1S/C15H16Br2N2OS/c1-20-8-7-18-10-11-9-12(16)4-5-14(11)21-15-13(17)3-2-6-19-15/h2-6,9,18H,7-8,10H2,1H3. The van der Waals surface area contributed by atoms with Crippen LogP contribution in [-0.4, -0.2) is 25.2 Å². The summed E-state index contributed by atoms with van der Waals surface area (Å²) in [6, 6.07) is 10.2. The molecule has 2 aromatic rings. The molecule has 0 saturated heterocycles. The molecule has 0 aliphatic carbocycles. The normalized spacial score (nSPS) is 10.8. The van der Waals surface area contributed by atoms with Crippen LogP contribution < -0.4 is 5.32 Å². The molecule has 0 amide bonds. The summed E-state index contributed by atoms with van der Waals surface area (Å²) in [4.78, 5) is 5.61. The summed E-state index contributed by atoms with van der Waals surface area (Å²) in [5.41, 5.74) is 1.24. The van der Waals surface area contributed by atoms with Gasteiger partial charge in [0.15, 0.2) is 0 Å². The van der Waals surface area contributed by atoms with Gasteiger partial charge >= 0.3 is 0 Å². The molecule has 0 bridgehead atoms. The molecule has 3 nitrogen and oxygen atoms in total. The Kier molecular flexibility index (Phi) is 7.19. The zero-order valence-corrected chi connectivity index (χ0v) is 15.6. The summed E-state index contributed by atoms with van der Waals surface area (Å²) in [5.74, 6) is 0. The van der Waals surface area contributed by atoms with Gasteiger partial charge in [-0.1, -0.05) is 27.7 Å². The second kappa shape index (κ2) is 8.90. The SMILES string of the molecule is COCCNCc1cc(Br)ccc1Sc1ncccc1Br. The van der Waals surface area contributed by atoms with E-state index in [4.69, 9.17) is 4.74 Å². The van der Waals surface area contributed by atoms with Gasteiger partial charge in [-0.3, -0.25) is 0 Å². The lowest BCUT2D eigenvalue weighted by molar-refractivity contribution is 0.199. The zero-order valence-electron chi connectivity index (χ0n) is 11.6. The van der Waals surface area contributed by atoms with Crippen molar-refractivity contribution in [3.8, 4) is 0 Å². The molecule has 0 aliphatic rings. The molecule has 0 saturated carbocycles. The van der Waals surface area contributed by atoms with Crippen molar-refractivity contribution < 1.29 is 4.74 Å². The van der Waals surface area contributed by atoms with Crippen molar-refractivity contribution in [2.75, 3.05) is 20.3 Å². The third-order valence-electron chi connectivity index (χ3n) is 2.75. The van der Waals surface area contributed by atoms with Crippen LogP contribution in [0.25, 0.3) is 0 Å². The first-order valence-corrected chi connectivity index (χ1v) is 8.87. The maximum absolute atomic E-state index is 5.05. The Balaban J connectivity index is 2.13. The number of nitrogens with zero attached hydrogens (tertiary/aromatic N) is 1. The van der Waals surface area contributed by atoms with Gasteiger partial charge in [-0.15, -0.1) is 0 Å². The third kappa shape index (κ3) is 5.38. The Morgan fingerprint density at radius 3 is 2.90 bits per heavy atom. The smallest absolute Gasteiger partial charge is 0.115 e. The number of halogens is 2. The minimum Gasteiger partial charge on any atom is -0.383 e. The first-order chi connectivity index (χ1) is 10.2. The predicted molar refractivity (Wildman–Crippen MR) is 93.8 cm³/mol. The van der Waals surface area contributed by atoms with Crippen LogP contribution in [0.1, 0.15) is 5.56 Å². The molecule has 112 valence electrons. The highest BCUT2D eigenvalue weighted by atomic mass is 79.9. The average Bonchev–Trinajstić information content (AvgIpc) is 2.48. The van der Waals surface area contributed by atoms with Gasteiger partial charge in [0, 0.05) is 35.8 Å². The molecular weight excluding hydrogens is 416 g/mol. The summed E-state index contributed by atoms with van der Waals surface area (Å²) in [6.45, 7) is 2.35. The number of nitrogens with one attached hydrogen (secondary N) is 1. The highest BCUT2D eigenvalue weighted by molar-refractivity contribution is 9.10. The molecule has 21 heavy (non-hydrogen) atoms. The lowest BCUT2D eigenvalue weighted by Crippen LogP contribution is -2.18. The van der Waals surface area contributed by atoms with Crippen molar-refractivity contribution in [3.05, 3.63) is 51.0 Å². The molecule has 0 spiro atoms. The van der Waals surface area contributed by atoms with Gasteiger partial charge in [0.2, 0.25) is 0 Å². The van der Waals surface area contributed by atoms with Crippen LogP contribution in [0.15, 0.2) is 55.4 Å². The van der Waals surface area contributed by atoms with E-state index in [2.05, 4.69) is 60.4 Å². The summed E-state index contributed by atoms with van der Waals surface area (Å²) in [5, 5.41) is 4.35. The summed E-state index contributed by atoms with van der Waals surface area (Å²) in [6.07, 6.45) is 1.81. The van der Waals surface area contributed by atoms with Crippen molar-refractivity contribution in [1.29, 1.82) is 0 Å². The number of pyridine rings is 1. The van der Waals surface area contributed by atoms with Crippen LogP contribution in [0.4, 0.5) is 0 Å². The average molecular weight is 432 g/mol. The van der Waals surface area contributed by atoms with Gasteiger partial charge in [-0.25, -0.2) is 4.98 Å². The van der Waals surface area contributed by atoms with Crippen LogP contribution >= 0.6 is 43.6 Å². The van der Waals surface area contributed by atoms with Gasteiger partial charge in [0.05, 0.1) is 11.1 Å². The fourth-order valence-corrected chi connectivity index (χ4v) is 3.53. The molecule has 0 aliphatic heterocycles. The highest BCUT2D eigenvalue weighted by Crippen LogP contribution is 2.34. The first-order valence-electron chi connectivity index (χ1n) is 6.47. The molecular formula is C15H16Br2N2OS. The van der Waals surface area contributed by atoms with Gasteiger partial charge in [-0.05, 0) is 51.8 Å². The van der Waals surface area contributed by atoms with Crippen LogP contribution in [0.5, 0.6) is 0 Å². The molecule has 1 aromatic carbocycles. The van der Waals surface area contributed by atoms with E-state index in [0.29, 0.717) is 6.61 Å². The summed E-state index contributed by atoms with van der Waals surface area (Å²) in [7, 11) is 1.71. The minimum atomic E-state index is 0.711. The number of ether oxygens (including phenoxy) is 1. The molecule has 0 radical (unpaired) electrons. The van der Waals surface area contributed by atoms with E-state index < -0.39 is 0 Å². The Hall–Kier alpha value is -0.400. The van der Waals surface area contributed by atoms with Crippen LogP contribution in [0, 0.1) is 0 Å². The number of methoxy groups -OCH3 is 1. The molecule has 6 heteroatoms. The van der Waals surface area contributed by atoms with E-state index in [-0.39, 0.29) is 0 Å². The molecule has 1 heterocycles. The fourth-order valence-electron chi connectivity index (χ4n) is 1.73. The Morgan fingerprint density at radius 2 is 2.14 bits per heavy atom. The first kappa shape index (κ1) is 17.0. The molecule has 0 unspecified atom stereocenters. The Labute approximate surface area is 146 Å². The van der Waals surface area contributed by atoms with Crippen molar-refractivity contribution in [3.63, 3.8) is 0 Å². The number of rotatable bonds is 7. The molecule has 2 rings (SSSR count). The van der Waals surface area contributed by atoms with Crippen molar-refractivity contribution >= 4 is 43.6 Å². The molecule has 0 fully saturated rings. The third-order valence-corrected chi connectivity index (χ3v) is 5.28. The topological polar surface area (TPSA) is 34.1 Å². The Morgan fingerprint density at radius 1 is 1.29 bits per heavy atom. The van der Waals surface area contributed by atoms with Gasteiger partial charge in [-0.2, -0.15) is 0 Å². The monoisotopic (exact) mass is 430 g/mol. The maximum Gasteiger partial charge on any atom is 0.115 e. The fraction of sp³-hybridized carbons (Fsp3) is 0.267. The van der Waals surface area contributed by atoms with E-state index in [9.17, 15) is 0 Å².